The van der Waals surface area contributed by atoms with Gasteiger partial charge in [-0.05, 0) is 38.4 Å². The van der Waals surface area contributed by atoms with E-state index in [9.17, 15) is 4.79 Å². The molecular weight excluding hydrogens is 312 g/mol. The number of aryl methyl sites for hydroxylation is 1. The van der Waals surface area contributed by atoms with Gasteiger partial charge in [0, 0.05) is 30.8 Å². The zero-order valence-corrected chi connectivity index (χ0v) is 15.4. The minimum absolute atomic E-state index is 0.0135. The molecule has 1 fully saturated rings. The number of rotatable bonds is 5. The van der Waals surface area contributed by atoms with Gasteiger partial charge in [-0.3, -0.25) is 14.4 Å². The molecule has 2 heterocycles. The van der Waals surface area contributed by atoms with Crippen LogP contribution in [0.25, 0.3) is 0 Å². The Kier molecular flexibility index (Phi) is 5.23. The maximum atomic E-state index is 12.8. The third-order valence-corrected chi connectivity index (χ3v) is 5.33. The average Bonchev–Trinajstić information content (AvgIpc) is 3.04. The molecule has 1 aromatic heterocycles. The standard InChI is InChI=1S/C20H28N4O/c1-16(18-13-21-23(3)15-18)22-19(25)20(2)9-11-24(12-10-20)14-17-7-5-4-6-8-17/h4-8,13,15-16H,9-12,14H2,1-3H3,(H,22,25). The van der Waals surface area contributed by atoms with Crippen LogP contribution in [-0.2, 0) is 18.4 Å². The normalized spacial score (nSPS) is 18.7. The van der Waals surface area contributed by atoms with Gasteiger partial charge >= 0.3 is 0 Å². The fraction of sp³-hybridized carbons (Fsp3) is 0.500. The largest absolute Gasteiger partial charge is 0.349 e. The van der Waals surface area contributed by atoms with Gasteiger partial charge in [-0.2, -0.15) is 5.10 Å². The second kappa shape index (κ2) is 7.40. The molecule has 5 nitrogen and oxygen atoms in total. The summed E-state index contributed by atoms with van der Waals surface area (Å²) in [6.45, 7) is 6.99. The van der Waals surface area contributed by atoms with E-state index >= 15 is 0 Å². The summed E-state index contributed by atoms with van der Waals surface area (Å²) >= 11 is 0. The molecule has 134 valence electrons. The number of carbonyl (C=O) groups excluding carboxylic acids is 1. The molecule has 1 unspecified atom stereocenters. The fourth-order valence-electron chi connectivity index (χ4n) is 3.39. The summed E-state index contributed by atoms with van der Waals surface area (Å²) in [4.78, 5) is 15.3. The third kappa shape index (κ3) is 4.28. The molecule has 0 saturated carbocycles. The number of amides is 1. The smallest absolute Gasteiger partial charge is 0.226 e. The number of piperidine rings is 1. The molecule has 1 saturated heterocycles. The first kappa shape index (κ1) is 17.7. The van der Waals surface area contributed by atoms with Crippen molar-refractivity contribution in [3.63, 3.8) is 0 Å². The van der Waals surface area contributed by atoms with Gasteiger partial charge in [0.15, 0.2) is 0 Å². The topological polar surface area (TPSA) is 50.2 Å². The molecule has 0 aliphatic carbocycles. The summed E-state index contributed by atoms with van der Waals surface area (Å²) in [7, 11) is 1.89. The number of benzene rings is 1. The van der Waals surface area contributed by atoms with Crippen LogP contribution in [0.1, 0.15) is 43.9 Å². The molecule has 0 radical (unpaired) electrons. The first-order valence-corrected chi connectivity index (χ1v) is 9.02. The maximum Gasteiger partial charge on any atom is 0.226 e. The molecule has 2 aromatic rings. The molecule has 25 heavy (non-hydrogen) atoms. The van der Waals surface area contributed by atoms with Gasteiger partial charge in [0.25, 0.3) is 0 Å². The van der Waals surface area contributed by atoms with E-state index in [0.29, 0.717) is 0 Å². The van der Waals surface area contributed by atoms with E-state index in [2.05, 4.69) is 46.5 Å². The second-order valence-electron chi connectivity index (χ2n) is 7.46. The molecule has 1 N–H and O–H groups in total. The number of carbonyl (C=O) groups is 1. The van der Waals surface area contributed by atoms with Crippen LogP contribution in [0.5, 0.6) is 0 Å². The van der Waals surface area contributed by atoms with Crippen molar-refractivity contribution in [2.24, 2.45) is 12.5 Å². The lowest BCUT2D eigenvalue weighted by atomic mass is 9.79. The quantitative estimate of drug-likeness (QED) is 0.910. The summed E-state index contributed by atoms with van der Waals surface area (Å²) in [6, 6.07) is 10.5. The minimum Gasteiger partial charge on any atom is -0.349 e. The Bertz CT molecular complexity index is 701. The van der Waals surface area contributed by atoms with Crippen LogP contribution in [0.4, 0.5) is 0 Å². The van der Waals surface area contributed by atoms with Crippen LogP contribution < -0.4 is 5.32 Å². The number of aromatic nitrogens is 2. The predicted octanol–water partition coefficient (Wildman–Crippen LogP) is 2.90. The molecule has 1 aliphatic rings. The second-order valence-corrected chi connectivity index (χ2v) is 7.46. The lowest BCUT2D eigenvalue weighted by Crippen LogP contribution is -2.47. The van der Waals surface area contributed by atoms with E-state index in [1.165, 1.54) is 5.56 Å². The summed E-state index contributed by atoms with van der Waals surface area (Å²) < 4.78 is 1.77. The van der Waals surface area contributed by atoms with Crippen LogP contribution in [0.2, 0.25) is 0 Å². The van der Waals surface area contributed by atoms with Gasteiger partial charge in [-0.25, -0.2) is 0 Å². The van der Waals surface area contributed by atoms with Crippen LogP contribution in [0.3, 0.4) is 0 Å². The highest BCUT2D eigenvalue weighted by atomic mass is 16.2. The number of nitrogens with one attached hydrogen (secondary N) is 1. The van der Waals surface area contributed by atoms with Crippen LogP contribution in [0.15, 0.2) is 42.7 Å². The lowest BCUT2D eigenvalue weighted by Gasteiger charge is -2.38. The number of likely N-dealkylation sites (tertiary alicyclic amines) is 1. The predicted molar refractivity (Wildman–Crippen MR) is 98.8 cm³/mol. The highest BCUT2D eigenvalue weighted by Gasteiger charge is 2.37. The zero-order valence-electron chi connectivity index (χ0n) is 15.4. The van der Waals surface area contributed by atoms with Crippen LogP contribution in [0, 0.1) is 5.41 Å². The molecule has 1 aliphatic heterocycles. The van der Waals surface area contributed by atoms with Crippen molar-refractivity contribution in [1.29, 1.82) is 0 Å². The Balaban J connectivity index is 1.53. The summed E-state index contributed by atoms with van der Waals surface area (Å²) in [5.41, 5.74) is 2.09. The molecule has 1 atom stereocenters. The third-order valence-electron chi connectivity index (χ3n) is 5.33. The molecule has 5 heteroatoms. The summed E-state index contributed by atoms with van der Waals surface area (Å²) in [5.74, 6) is 0.156. The van der Waals surface area contributed by atoms with Gasteiger partial charge < -0.3 is 5.32 Å². The van der Waals surface area contributed by atoms with E-state index in [0.717, 1.165) is 38.0 Å². The van der Waals surface area contributed by atoms with Crippen molar-refractivity contribution in [3.8, 4) is 0 Å². The maximum absolute atomic E-state index is 12.8. The van der Waals surface area contributed by atoms with Crippen molar-refractivity contribution in [3.05, 3.63) is 53.9 Å². The summed E-state index contributed by atoms with van der Waals surface area (Å²) in [6.07, 6.45) is 5.56. The Morgan fingerprint density at radius 3 is 2.56 bits per heavy atom. The Labute approximate surface area is 150 Å². The monoisotopic (exact) mass is 340 g/mol. The number of hydrogen-bond acceptors (Lipinski definition) is 3. The van der Waals surface area contributed by atoms with Crippen LogP contribution in [-0.4, -0.2) is 33.7 Å². The molecule has 1 amide bonds. The first-order valence-electron chi connectivity index (χ1n) is 9.02. The van der Waals surface area contributed by atoms with E-state index in [1.54, 1.807) is 4.68 Å². The molecule has 0 bridgehead atoms. The van der Waals surface area contributed by atoms with E-state index in [4.69, 9.17) is 0 Å². The summed E-state index contributed by atoms with van der Waals surface area (Å²) in [5, 5.41) is 7.36. The number of hydrogen-bond donors (Lipinski definition) is 1. The molecule has 3 rings (SSSR count). The van der Waals surface area contributed by atoms with E-state index in [-0.39, 0.29) is 17.4 Å². The Hall–Kier alpha value is -2.14. The van der Waals surface area contributed by atoms with Gasteiger partial charge in [-0.15, -0.1) is 0 Å². The lowest BCUT2D eigenvalue weighted by molar-refractivity contribution is -0.133. The number of nitrogens with zero attached hydrogens (tertiary/aromatic N) is 3. The van der Waals surface area contributed by atoms with Crippen LogP contribution >= 0.6 is 0 Å². The Morgan fingerprint density at radius 1 is 1.28 bits per heavy atom. The highest BCUT2D eigenvalue weighted by Crippen LogP contribution is 2.32. The first-order chi connectivity index (χ1) is 12.0. The van der Waals surface area contributed by atoms with E-state index < -0.39 is 0 Å². The van der Waals surface area contributed by atoms with Crippen molar-refractivity contribution in [1.82, 2.24) is 20.0 Å². The van der Waals surface area contributed by atoms with E-state index in [1.807, 2.05) is 32.4 Å². The highest BCUT2D eigenvalue weighted by molar-refractivity contribution is 5.82. The van der Waals surface area contributed by atoms with Gasteiger partial charge in [0.05, 0.1) is 12.2 Å². The molecular formula is C20H28N4O. The van der Waals surface area contributed by atoms with Crippen molar-refractivity contribution in [2.45, 2.75) is 39.3 Å². The van der Waals surface area contributed by atoms with Gasteiger partial charge in [-0.1, -0.05) is 37.3 Å². The Morgan fingerprint density at radius 2 is 1.96 bits per heavy atom. The fourth-order valence-corrected chi connectivity index (χ4v) is 3.39. The molecule has 0 spiro atoms. The molecule has 1 aromatic carbocycles. The average molecular weight is 340 g/mol. The zero-order chi connectivity index (χ0) is 17.9. The van der Waals surface area contributed by atoms with Gasteiger partial charge in [0.1, 0.15) is 0 Å². The van der Waals surface area contributed by atoms with Crippen molar-refractivity contribution in [2.75, 3.05) is 13.1 Å². The SMILES string of the molecule is CC(NC(=O)C1(C)CCN(Cc2ccccc2)CC1)c1cnn(C)c1. The minimum atomic E-state index is -0.288. The van der Waals surface area contributed by atoms with Gasteiger partial charge in [0.2, 0.25) is 5.91 Å². The van der Waals surface area contributed by atoms with Crippen molar-refractivity contribution < 1.29 is 4.79 Å². The van der Waals surface area contributed by atoms with Crippen molar-refractivity contribution >= 4 is 5.91 Å².